The maximum absolute atomic E-state index is 5.37. The molecule has 0 bridgehead atoms. The Bertz CT molecular complexity index is 1370. The lowest BCUT2D eigenvalue weighted by Crippen LogP contribution is -1.99. The van der Waals surface area contributed by atoms with Gasteiger partial charge in [-0.05, 0) is 48.9 Å². The minimum atomic E-state index is 0.141. The van der Waals surface area contributed by atoms with Crippen LogP contribution in [0.4, 0.5) is 0 Å². The molecule has 154 valence electrons. The number of hydrogen-bond acceptors (Lipinski definition) is 7. The fourth-order valence-corrected chi connectivity index (χ4v) is 3.18. The first kappa shape index (κ1) is 18.7. The summed E-state index contributed by atoms with van der Waals surface area (Å²) in [6.45, 7) is 2.19. The van der Waals surface area contributed by atoms with Crippen LogP contribution in [0.5, 0.6) is 5.75 Å². The molecule has 0 aliphatic heterocycles. The zero-order valence-electron chi connectivity index (χ0n) is 17.0. The first-order valence-electron chi connectivity index (χ1n) is 9.66. The molecular formula is C22H19N7O2. The Balaban J connectivity index is 1.35. The van der Waals surface area contributed by atoms with Crippen molar-refractivity contribution in [1.82, 2.24) is 29.4 Å². The van der Waals surface area contributed by atoms with E-state index in [-0.39, 0.29) is 6.61 Å². The lowest BCUT2D eigenvalue weighted by Gasteiger charge is -2.03. The average Bonchev–Trinajstić information content (AvgIpc) is 3.41. The van der Waals surface area contributed by atoms with E-state index in [1.807, 2.05) is 55.5 Å². The van der Waals surface area contributed by atoms with Crippen LogP contribution < -0.4 is 4.74 Å². The Kier molecular flexibility index (Phi) is 4.75. The average molecular weight is 413 g/mol. The van der Waals surface area contributed by atoms with Crippen molar-refractivity contribution in [3.05, 3.63) is 78.0 Å². The molecule has 9 heteroatoms. The van der Waals surface area contributed by atoms with E-state index in [0.29, 0.717) is 17.1 Å². The Labute approximate surface area is 177 Å². The SMILES string of the molecule is COc1ccc(/C=N/OCc2nc3c4cnn(-c5ccc(C)cc5)c4ncn3n2)cc1. The highest BCUT2D eigenvalue weighted by Crippen LogP contribution is 2.20. The smallest absolute Gasteiger partial charge is 0.192 e. The molecule has 0 saturated heterocycles. The molecule has 0 amide bonds. The van der Waals surface area contributed by atoms with Crippen molar-refractivity contribution in [3.63, 3.8) is 0 Å². The second-order valence-electron chi connectivity index (χ2n) is 6.95. The lowest BCUT2D eigenvalue weighted by molar-refractivity contribution is 0.126. The van der Waals surface area contributed by atoms with Gasteiger partial charge in [-0.25, -0.2) is 19.2 Å². The highest BCUT2D eigenvalue weighted by molar-refractivity contribution is 5.89. The van der Waals surface area contributed by atoms with Crippen LogP contribution in [0, 0.1) is 6.92 Å². The van der Waals surface area contributed by atoms with Crippen LogP contribution in [0.3, 0.4) is 0 Å². The van der Waals surface area contributed by atoms with Crippen molar-refractivity contribution in [2.75, 3.05) is 7.11 Å². The first-order valence-corrected chi connectivity index (χ1v) is 9.66. The van der Waals surface area contributed by atoms with Crippen molar-refractivity contribution >= 4 is 22.9 Å². The van der Waals surface area contributed by atoms with Gasteiger partial charge in [-0.2, -0.15) is 5.10 Å². The normalized spacial score (nSPS) is 11.5. The third kappa shape index (κ3) is 3.68. The number of aryl methyl sites for hydroxylation is 1. The van der Waals surface area contributed by atoms with Gasteiger partial charge in [0.25, 0.3) is 0 Å². The predicted molar refractivity (Wildman–Crippen MR) is 116 cm³/mol. The van der Waals surface area contributed by atoms with E-state index in [4.69, 9.17) is 9.57 Å². The maximum atomic E-state index is 5.37. The molecule has 3 aromatic heterocycles. The Morgan fingerprint density at radius 2 is 1.84 bits per heavy atom. The summed E-state index contributed by atoms with van der Waals surface area (Å²) in [5, 5.41) is 13.7. The van der Waals surface area contributed by atoms with Gasteiger partial charge in [-0.15, -0.1) is 5.10 Å². The summed E-state index contributed by atoms with van der Waals surface area (Å²) in [4.78, 5) is 14.5. The molecule has 0 atom stereocenters. The number of ether oxygens (including phenoxy) is 1. The second-order valence-corrected chi connectivity index (χ2v) is 6.95. The van der Waals surface area contributed by atoms with Gasteiger partial charge in [0.05, 0.1) is 30.6 Å². The van der Waals surface area contributed by atoms with Crippen LogP contribution in [0.1, 0.15) is 17.0 Å². The summed E-state index contributed by atoms with van der Waals surface area (Å²) in [5.41, 5.74) is 4.41. The number of fused-ring (bicyclic) bond motifs is 3. The molecule has 0 saturated carbocycles. The maximum Gasteiger partial charge on any atom is 0.192 e. The third-order valence-corrected chi connectivity index (χ3v) is 4.81. The van der Waals surface area contributed by atoms with Crippen molar-refractivity contribution in [3.8, 4) is 11.4 Å². The number of aromatic nitrogens is 6. The van der Waals surface area contributed by atoms with Crippen molar-refractivity contribution in [2.24, 2.45) is 5.16 Å². The van der Waals surface area contributed by atoms with Crippen LogP contribution in [0.2, 0.25) is 0 Å². The lowest BCUT2D eigenvalue weighted by atomic mass is 10.2. The number of nitrogens with zero attached hydrogens (tertiary/aromatic N) is 7. The first-order chi connectivity index (χ1) is 15.2. The van der Waals surface area contributed by atoms with E-state index in [9.17, 15) is 0 Å². The zero-order chi connectivity index (χ0) is 21.2. The number of benzene rings is 2. The standard InChI is InChI=1S/C22H19N7O2/c1-15-3-7-17(8-4-15)29-21-19(12-24-29)22-26-20(27-28(22)14-23-21)13-31-25-11-16-5-9-18(30-2)10-6-16/h3-12,14H,13H2,1-2H3/b25-11+. The van der Waals surface area contributed by atoms with E-state index >= 15 is 0 Å². The Morgan fingerprint density at radius 1 is 1.03 bits per heavy atom. The summed E-state index contributed by atoms with van der Waals surface area (Å²) in [6.07, 6.45) is 5.00. The highest BCUT2D eigenvalue weighted by atomic mass is 16.6. The predicted octanol–water partition coefficient (Wildman–Crippen LogP) is 3.33. The van der Waals surface area contributed by atoms with Gasteiger partial charge < -0.3 is 9.57 Å². The van der Waals surface area contributed by atoms with Gasteiger partial charge in [0, 0.05) is 0 Å². The van der Waals surface area contributed by atoms with Crippen LogP contribution in [-0.4, -0.2) is 42.7 Å². The van der Waals surface area contributed by atoms with Crippen LogP contribution in [0.25, 0.3) is 22.4 Å². The molecule has 5 rings (SSSR count). The van der Waals surface area contributed by atoms with E-state index in [1.165, 1.54) is 5.56 Å². The van der Waals surface area contributed by atoms with Crippen molar-refractivity contribution in [2.45, 2.75) is 13.5 Å². The zero-order valence-corrected chi connectivity index (χ0v) is 17.0. The van der Waals surface area contributed by atoms with E-state index in [2.05, 4.69) is 25.3 Å². The number of rotatable bonds is 6. The fourth-order valence-electron chi connectivity index (χ4n) is 3.18. The topological polar surface area (TPSA) is 91.7 Å². The molecule has 0 spiro atoms. The molecule has 0 radical (unpaired) electrons. The molecule has 5 aromatic rings. The largest absolute Gasteiger partial charge is 0.497 e. The summed E-state index contributed by atoms with van der Waals surface area (Å²) in [6, 6.07) is 15.6. The molecule has 2 aromatic carbocycles. The van der Waals surface area contributed by atoms with E-state index in [1.54, 1.807) is 35.0 Å². The van der Waals surface area contributed by atoms with Gasteiger partial charge in [-0.1, -0.05) is 22.9 Å². The molecule has 0 unspecified atom stereocenters. The molecule has 9 nitrogen and oxygen atoms in total. The summed E-state index contributed by atoms with van der Waals surface area (Å²) < 4.78 is 8.55. The van der Waals surface area contributed by atoms with Crippen LogP contribution in [0.15, 0.2) is 66.2 Å². The quantitative estimate of drug-likeness (QED) is 0.313. The van der Waals surface area contributed by atoms with Crippen molar-refractivity contribution in [1.29, 1.82) is 0 Å². The number of oxime groups is 1. The highest BCUT2D eigenvalue weighted by Gasteiger charge is 2.13. The minimum Gasteiger partial charge on any atom is -0.497 e. The number of methoxy groups -OCH3 is 1. The van der Waals surface area contributed by atoms with E-state index in [0.717, 1.165) is 22.4 Å². The molecule has 0 aliphatic carbocycles. The second kappa shape index (κ2) is 7.86. The Morgan fingerprint density at radius 3 is 2.61 bits per heavy atom. The van der Waals surface area contributed by atoms with Gasteiger partial charge in [0.15, 0.2) is 23.7 Å². The van der Waals surface area contributed by atoms with Crippen molar-refractivity contribution < 1.29 is 9.57 Å². The van der Waals surface area contributed by atoms with E-state index < -0.39 is 0 Å². The molecule has 0 fully saturated rings. The monoisotopic (exact) mass is 413 g/mol. The fraction of sp³-hybridized carbons (Fsp3) is 0.136. The molecular weight excluding hydrogens is 394 g/mol. The summed E-state index contributed by atoms with van der Waals surface area (Å²) >= 11 is 0. The minimum absolute atomic E-state index is 0.141. The van der Waals surface area contributed by atoms with Gasteiger partial charge in [-0.3, -0.25) is 0 Å². The molecule has 31 heavy (non-hydrogen) atoms. The van der Waals surface area contributed by atoms with Gasteiger partial charge in [0.1, 0.15) is 12.1 Å². The summed E-state index contributed by atoms with van der Waals surface area (Å²) in [5.74, 6) is 1.29. The van der Waals surface area contributed by atoms with Gasteiger partial charge >= 0.3 is 0 Å². The Hall–Kier alpha value is -4.27. The molecule has 0 N–H and O–H groups in total. The molecule has 0 aliphatic rings. The summed E-state index contributed by atoms with van der Waals surface area (Å²) in [7, 11) is 1.63. The third-order valence-electron chi connectivity index (χ3n) is 4.81. The van der Waals surface area contributed by atoms with Crippen LogP contribution in [-0.2, 0) is 11.4 Å². The van der Waals surface area contributed by atoms with Gasteiger partial charge in [0.2, 0.25) is 0 Å². The number of hydrogen-bond donors (Lipinski definition) is 0. The van der Waals surface area contributed by atoms with Crippen LogP contribution >= 0.6 is 0 Å². The molecule has 3 heterocycles.